The van der Waals surface area contributed by atoms with Crippen LogP contribution in [0.1, 0.15) is 10.4 Å². The van der Waals surface area contributed by atoms with E-state index in [9.17, 15) is 14.9 Å². The number of thiazole rings is 1. The molecule has 0 fully saturated rings. The molecule has 3 aromatic rings. The smallest absolute Gasteiger partial charge is 0.279 e. The Hall–Kier alpha value is -1.97. The number of nitro groups is 1. The lowest BCUT2D eigenvalue weighted by atomic mass is 10.2. The average molecular weight is 452 g/mol. The van der Waals surface area contributed by atoms with Gasteiger partial charge in [-0.15, -0.1) is 0 Å². The molecule has 0 aliphatic carbocycles. The van der Waals surface area contributed by atoms with Crippen molar-refractivity contribution in [2.24, 2.45) is 4.99 Å². The molecule has 0 saturated heterocycles. The van der Waals surface area contributed by atoms with Crippen molar-refractivity contribution in [2.75, 3.05) is 12.0 Å². The van der Waals surface area contributed by atoms with Crippen LogP contribution in [0.3, 0.4) is 0 Å². The number of hydrogen-bond acceptors (Lipinski definition) is 5. The Morgan fingerprint density at radius 3 is 2.69 bits per heavy atom. The van der Waals surface area contributed by atoms with Crippen molar-refractivity contribution in [1.82, 2.24) is 4.57 Å². The number of halogens is 1. The van der Waals surface area contributed by atoms with E-state index in [1.54, 1.807) is 11.8 Å². The van der Waals surface area contributed by atoms with Gasteiger partial charge in [-0.3, -0.25) is 14.9 Å². The Balaban J connectivity index is 2.04. The molecule has 1 amide bonds. The molecule has 134 valence electrons. The molecule has 0 saturated carbocycles. The zero-order valence-electron chi connectivity index (χ0n) is 13.7. The maximum absolute atomic E-state index is 12.5. The summed E-state index contributed by atoms with van der Waals surface area (Å²) in [5.41, 5.74) is 1.30. The predicted octanol–water partition coefficient (Wildman–Crippen LogP) is 4.48. The Morgan fingerprint density at radius 2 is 2.04 bits per heavy atom. The molecule has 0 aliphatic heterocycles. The number of carbonyl (C=O) groups excluding carboxylic acids is 1. The highest BCUT2D eigenvalue weighted by molar-refractivity contribution is 9.10. The number of carbonyl (C=O) groups is 1. The molecule has 26 heavy (non-hydrogen) atoms. The van der Waals surface area contributed by atoms with E-state index in [0.717, 1.165) is 27.0 Å². The second-order valence-electron chi connectivity index (χ2n) is 5.36. The lowest BCUT2D eigenvalue weighted by Gasteiger charge is -2.03. The van der Waals surface area contributed by atoms with E-state index < -0.39 is 10.8 Å². The van der Waals surface area contributed by atoms with E-state index in [0.29, 0.717) is 10.4 Å². The zero-order valence-corrected chi connectivity index (χ0v) is 16.9. The third kappa shape index (κ3) is 4.05. The molecule has 6 nitrogen and oxygen atoms in total. The molecule has 0 aliphatic rings. The number of aryl methyl sites for hydroxylation is 1. The van der Waals surface area contributed by atoms with Crippen LogP contribution in [-0.2, 0) is 6.54 Å². The van der Waals surface area contributed by atoms with E-state index in [2.05, 4.69) is 20.9 Å². The lowest BCUT2D eigenvalue weighted by molar-refractivity contribution is -0.384. The van der Waals surface area contributed by atoms with Crippen molar-refractivity contribution in [3.8, 4) is 0 Å². The SMILES string of the molecule is CSCCn1c(=NC(=O)c2ccc([N+](=O)[O-])cc2)sc2cc(Br)ccc21. The predicted molar refractivity (Wildman–Crippen MR) is 109 cm³/mol. The Kier molecular flexibility index (Phi) is 5.90. The van der Waals surface area contributed by atoms with Crippen LogP contribution >= 0.6 is 39.0 Å². The fourth-order valence-electron chi connectivity index (χ4n) is 2.41. The van der Waals surface area contributed by atoms with E-state index in [1.807, 2.05) is 29.0 Å². The topological polar surface area (TPSA) is 77.5 Å². The molecule has 1 heterocycles. The summed E-state index contributed by atoms with van der Waals surface area (Å²) in [6.07, 6.45) is 2.03. The number of benzene rings is 2. The van der Waals surface area contributed by atoms with Crippen LogP contribution in [-0.4, -0.2) is 27.4 Å². The van der Waals surface area contributed by atoms with E-state index in [4.69, 9.17) is 0 Å². The van der Waals surface area contributed by atoms with Crippen LogP contribution in [0.5, 0.6) is 0 Å². The van der Waals surface area contributed by atoms with Gasteiger partial charge in [-0.2, -0.15) is 16.8 Å². The van der Waals surface area contributed by atoms with Gasteiger partial charge in [0, 0.05) is 34.5 Å². The highest BCUT2D eigenvalue weighted by Crippen LogP contribution is 2.22. The van der Waals surface area contributed by atoms with Crippen LogP contribution in [0, 0.1) is 10.1 Å². The number of amides is 1. The molecular formula is C17H14BrN3O3S2. The third-order valence-corrected chi connectivity index (χ3v) is 5.81. The molecule has 0 bridgehead atoms. The van der Waals surface area contributed by atoms with Crippen molar-refractivity contribution in [1.29, 1.82) is 0 Å². The molecule has 1 aromatic heterocycles. The molecule has 0 N–H and O–H groups in total. The van der Waals surface area contributed by atoms with E-state index in [-0.39, 0.29) is 5.69 Å². The van der Waals surface area contributed by atoms with Gasteiger partial charge in [0.25, 0.3) is 11.6 Å². The summed E-state index contributed by atoms with van der Waals surface area (Å²) in [4.78, 5) is 27.6. The fraction of sp³-hybridized carbons (Fsp3) is 0.176. The number of non-ortho nitro benzene ring substituents is 1. The van der Waals surface area contributed by atoms with Gasteiger partial charge in [0.2, 0.25) is 0 Å². The van der Waals surface area contributed by atoms with Gasteiger partial charge in [-0.1, -0.05) is 27.3 Å². The molecule has 2 aromatic carbocycles. The number of aromatic nitrogens is 1. The van der Waals surface area contributed by atoms with Crippen LogP contribution in [0.15, 0.2) is 51.9 Å². The summed E-state index contributed by atoms with van der Waals surface area (Å²) in [7, 11) is 0. The van der Waals surface area contributed by atoms with E-state index in [1.165, 1.54) is 35.6 Å². The van der Waals surface area contributed by atoms with Crippen LogP contribution in [0.4, 0.5) is 5.69 Å². The Bertz CT molecular complexity index is 1040. The maximum atomic E-state index is 12.5. The van der Waals surface area contributed by atoms with Crippen LogP contribution in [0.25, 0.3) is 10.2 Å². The first-order valence-corrected chi connectivity index (χ1v) is 10.6. The van der Waals surface area contributed by atoms with Crippen molar-refractivity contribution in [3.63, 3.8) is 0 Å². The molecule has 0 radical (unpaired) electrons. The minimum absolute atomic E-state index is 0.0525. The number of thioether (sulfide) groups is 1. The second kappa shape index (κ2) is 8.15. The monoisotopic (exact) mass is 451 g/mol. The molecule has 0 spiro atoms. The second-order valence-corrected chi connectivity index (χ2v) is 8.27. The first kappa shape index (κ1) is 18.8. The molecular weight excluding hydrogens is 438 g/mol. The van der Waals surface area contributed by atoms with Crippen molar-refractivity contribution < 1.29 is 9.72 Å². The number of nitrogens with zero attached hydrogens (tertiary/aromatic N) is 3. The molecule has 0 unspecified atom stereocenters. The van der Waals surface area contributed by atoms with Crippen LogP contribution in [0.2, 0.25) is 0 Å². The van der Waals surface area contributed by atoms with E-state index >= 15 is 0 Å². The number of fused-ring (bicyclic) bond motifs is 1. The van der Waals surface area contributed by atoms with Crippen molar-refractivity contribution in [2.45, 2.75) is 6.54 Å². The van der Waals surface area contributed by atoms with Crippen LogP contribution < -0.4 is 4.80 Å². The van der Waals surface area contributed by atoms with Gasteiger partial charge < -0.3 is 4.57 Å². The molecule has 3 rings (SSSR count). The third-order valence-electron chi connectivity index (χ3n) is 3.69. The quantitative estimate of drug-likeness (QED) is 0.423. The van der Waals surface area contributed by atoms with Gasteiger partial charge in [-0.05, 0) is 36.6 Å². The maximum Gasteiger partial charge on any atom is 0.279 e. The zero-order chi connectivity index (χ0) is 18.7. The van der Waals surface area contributed by atoms with Gasteiger partial charge in [-0.25, -0.2) is 0 Å². The summed E-state index contributed by atoms with van der Waals surface area (Å²) in [6, 6.07) is 11.5. The number of nitro benzene ring substituents is 1. The highest BCUT2D eigenvalue weighted by atomic mass is 79.9. The first-order valence-electron chi connectivity index (χ1n) is 7.61. The number of hydrogen-bond donors (Lipinski definition) is 0. The summed E-state index contributed by atoms with van der Waals surface area (Å²) in [5, 5.41) is 10.7. The minimum Gasteiger partial charge on any atom is -0.316 e. The number of rotatable bonds is 5. The van der Waals surface area contributed by atoms with Crippen molar-refractivity contribution >= 4 is 60.8 Å². The highest BCUT2D eigenvalue weighted by Gasteiger charge is 2.11. The molecule has 0 atom stereocenters. The summed E-state index contributed by atoms with van der Waals surface area (Å²) in [5.74, 6) is 0.490. The van der Waals surface area contributed by atoms with Gasteiger partial charge in [0.15, 0.2) is 4.80 Å². The summed E-state index contributed by atoms with van der Waals surface area (Å²) in [6.45, 7) is 0.745. The standard InChI is InChI=1S/C17H14BrN3O3S2/c1-25-9-8-20-14-7-4-12(18)10-15(14)26-17(20)19-16(22)11-2-5-13(6-3-11)21(23)24/h2-7,10H,8-9H2,1H3. The normalized spacial score (nSPS) is 11.8. The lowest BCUT2D eigenvalue weighted by Crippen LogP contribution is -2.18. The largest absolute Gasteiger partial charge is 0.316 e. The Morgan fingerprint density at radius 1 is 1.31 bits per heavy atom. The summed E-state index contributed by atoms with van der Waals surface area (Å²) >= 11 is 6.64. The fourth-order valence-corrected chi connectivity index (χ4v) is 4.38. The average Bonchev–Trinajstić information content (AvgIpc) is 2.95. The van der Waals surface area contributed by atoms with Gasteiger partial charge >= 0.3 is 0 Å². The Labute approximate surface area is 165 Å². The van der Waals surface area contributed by atoms with Crippen molar-refractivity contribution in [3.05, 3.63) is 67.4 Å². The first-order chi connectivity index (χ1) is 12.5. The van der Waals surface area contributed by atoms with Gasteiger partial charge in [0.05, 0.1) is 15.1 Å². The van der Waals surface area contributed by atoms with Gasteiger partial charge in [0.1, 0.15) is 0 Å². The molecule has 9 heteroatoms. The summed E-state index contributed by atoms with van der Waals surface area (Å²) < 4.78 is 4.04. The minimum atomic E-state index is -0.494.